The first kappa shape index (κ1) is 13.1. The van der Waals surface area contributed by atoms with E-state index in [9.17, 15) is 0 Å². The molecular formula is C15H13N3OS. The lowest BCUT2D eigenvalue weighted by atomic mass is 10.2. The van der Waals surface area contributed by atoms with E-state index in [0.717, 1.165) is 13.2 Å². The number of nitrogens with zero attached hydrogens (tertiary/aromatic N) is 3. The van der Waals surface area contributed by atoms with Gasteiger partial charge < -0.3 is 9.64 Å². The van der Waals surface area contributed by atoms with E-state index in [-0.39, 0.29) is 10.9 Å². The second kappa shape index (κ2) is 5.58. The molecule has 0 spiro atoms. The van der Waals surface area contributed by atoms with E-state index in [1.54, 1.807) is 17.8 Å². The first-order valence-corrected chi connectivity index (χ1v) is 7.34. The lowest BCUT2D eigenvalue weighted by molar-refractivity contribution is 0.406. The number of nitriles is 2. The Hall–Kier alpha value is -1.95. The standard InChI is InChI=1S/C15H13N3OS/c16-7-11(8-17)5-6-15-18(9-12-10-19-12)13-3-1-2-4-14(13)20-15/h1-5,12,15H,6,9-10H2. The maximum atomic E-state index is 8.81. The summed E-state index contributed by atoms with van der Waals surface area (Å²) >= 11 is 1.78. The van der Waals surface area contributed by atoms with Crippen molar-refractivity contribution in [2.24, 2.45) is 0 Å². The van der Waals surface area contributed by atoms with Gasteiger partial charge in [-0.1, -0.05) is 30.0 Å². The summed E-state index contributed by atoms with van der Waals surface area (Å²) in [5.74, 6) is 0. The molecule has 0 N–H and O–H groups in total. The Morgan fingerprint density at radius 2 is 2.15 bits per heavy atom. The first-order chi connectivity index (χ1) is 9.81. The molecule has 2 atom stereocenters. The molecule has 5 heteroatoms. The number of anilines is 1. The highest BCUT2D eigenvalue weighted by Crippen LogP contribution is 2.45. The topological polar surface area (TPSA) is 63.4 Å². The van der Waals surface area contributed by atoms with E-state index in [0.29, 0.717) is 12.5 Å². The lowest BCUT2D eigenvalue weighted by Gasteiger charge is -2.25. The molecule has 1 fully saturated rings. The van der Waals surface area contributed by atoms with E-state index in [2.05, 4.69) is 17.0 Å². The Balaban J connectivity index is 1.79. The average molecular weight is 283 g/mol. The smallest absolute Gasteiger partial charge is 0.125 e. The molecule has 2 aliphatic heterocycles. The van der Waals surface area contributed by atoms with E-state index in [4.69, 9.17) is 15.3 Å². The molecule has 0 aliphatic carbocycles. The summed E-state index contributed by atoms with van der Waals surface area (Å²) in [6.45, 7) is 1.70. The van der Waals surface area contributed by atoms with Gasteiger partial charge >= 0.3 is 0 Å². The Labute approximate surface area is 122 Å². The zero-order valence-corrected chi connectivity index (χ0v) is 11.6. The van der Waals surface area contributed by atoms with Gasteiger partial charge in [-0.2, -0.15) is 10.5 Å². The van der Waals surface area contributed by atoms with Crippen molar-refractivity contribution in [3.05, 3.63) is 35.9 Å². The van der Waals surface area contributed by atoms with Crippen molar-refractivity contribution >= 4 is 17.4 Å². The highest BCUT2D eigenvalue weighted by molar-refractivity contribution is 8.00. The molecule has 20 heavy (non-hydrogen) atoms. The van der Waals surface area contributed by atoms with Crippen molar-refractivity contribution in [2.45, 2.75) is 22.8 Å². The van der Waals surface area contributed by atoms with E-state index in [1.807, 2.05) is 24.3 Å². The van der Waals surface area contributed by atoms with Gasteiger partial charge in [0, 0.05) is 11.4 Å². The van der Waals surface area contributed by atoms with Crippen LogP contribution < -0.4 is 4.90 Å². The van der Waals surface area contributed by atoms with Crippen molar-refractivity contribution in [3.63, 3.8) is 0 Å². The van der Waals surface area contributed by atoms with Crippen LogP contribution in [0.3, 0.4) is 0 Å². The van der Waals surface area contributed by atoms with Crippen molar-refractivity contribution in [2.75, 3.05) is 18.1 Å². The molecule has 1 aromatic rings. The second-order valence-corrected chi connectivity index (χ2v) is 5.94. The van der Waals surface area contributed by atoms with Gasteiger partial charge in [0.15, 0.2) is 0 Å². The van der Waals surface area contributed by atoms with Gasteiger partial charge in [0.25, 0.3) is 0 Å². The van der Waals surface area contributed by atoms with Gasteiger partial charge in [0.05, 0.1) is 23.8 Å². The molecule has 0 radical (unpaired) electrons. The molecule has 100 valence electrons. The van der Waals surface area contributed by atoms with Crippen LogP contribution in [0.2, 0.25) is 0 Å². The fourth-order valence-electron chi connectivity index (χ4n) is 2.28. The van der Waals surface area contributed by atoms with Crippen LogP contribution in [0.15, 0.2) is 40.8 Å². The van der Waals surface area contributed by atoms with Crippen LogP contribution in [0.25, 0.3) is 0 Å². The molecule has 2 aliphatic rings. The third-order valence-corrected chi connectivity index (χ3v) is 4.67. The summed E-state index contributed by atoms with van der Waals surface area (Å²) in [6, 6.07) is 12.1. The number of fused-ring (bicyclic) bond motifs is 1. The number of benzene rings is 1. The summed E-state index contributed by atoms with van der Waals surface area (Å²) in [7, 11) is 0. The van der Waals surface area contributed by atoms with Gasteiger partial charge in [0.1, 0.15) is 17.7 Å². The molecule has 0 aromatic heterocycles. The maximum absolute atomic E-state index is 8.81. The number of ether oxygens (including phenoxy) is 1. The number of thioether (sulfide) groups is 1. The average Bonchev–Trinajstić information content (AvgIpc) is 3.23. The molecule has 0 saturated carbocycles. The quantitative estimate of drug-likeness (QED) is 0.628. The Morgan fingerprint density at radius 1 is 1.40 bits per heavy atom. The maximum Gasteiger partial charge on any atom is 0.125 e. The largest absolute Gasteiger partial charge is 0.371 e. The number of hydrogen-bond acceptors (Lipinski definition) is 5. The molecule has 1 saturated heterocycles. The molecule has 0 amide bonds. The zero-order valence-electron chi connectivity index (χ0n) is 10.8. The predicted octanol–water partition coefficient (Wildman–Crippen LogP) is 2.69. The summed E-state index contributed by atoms with van der Waals surface area (Å²) < 4.78 is 5.33. The minimum atomic E-state index is 0.184. The van der Waals surface area contributed by atoms with E-state index >= 15 is 0 Å². The van der Waals surface area contributed by atoms with Gasteiger partial charge in [-0.25, -0.2) is 0 Å². The van der Waals surface area contributed by atoms with Crippen LogP contribution in [0.4, 0.5) is 5.69 Å². The van der Waals surface area contributed by atoms with Crippen molar-refractivity contribution < 1.29 is 4.74 Å². The summed E-state index contributed by atoms with van der Waals surface area (Å²) in [5, 5.41) is 17.9. The second-order valence-electron chi connectivity index (χ2n) is 4.73. The van der Waals surface area contributed by atoms with Crippen molar-refractivity contribution in [1.82, 2.24) is 0 Å². The molecule has 1 aromatic carbocycles. The van der Waals surface area contributed by atoms with Gasteiger partial charge in [-0.15, -0.1) is 0 Å². The zero-order chi connectivity index (χ0) is 13.9. The van der Waals surface area contributed by atoms with Crippen LogP contribution >= 0.6 is 11.8 Å². The fraction of sp³-hybridized carbons (Fsp3) is 0.333. The minimum absolute atomic E-state index is 0.184. The van der Waals surface area contributed by atoms with Crippen LogP contribution in [0, 0.1) is 22.7 Å². The summed E-state index contributed by atoms with van der Waals surface area (Å²) in [4.78, 5) is 3.57. The fourth-order valence-corrected chi connectivity index (χ4v) is 3.55. The SMILES string of the molecule is N#CC(C#N)=CCC1Sc2ccccc2N1CC1CO1. The van der Waals surface area contributed by atoms with E-state index < -0.39 is 0 Å². The number of para-hydroxylation sites is 1. The Morgan fingerprint density at radius 3 is 2.85 bits per heavy atom. The molecular weight excluding hydrogens is 270 g/mol. The Bertz CT molecular complexity index is 609. The summed E-state index contributed by atoms with van der Waals surface area (Å²) in [6.07, 6.45) is 2.73. The van der Waals surface area contributed by atoms with Gasteiger partial charge in [-0.05, 0) is 18.6 Å². The molecule has 2 heterocycles. The summed E-state index contributed by atoms with van der Waals surface area (Å²) in [5.41, 5.74) is 1.41. The number of allylic oxidation sites excluding steroid dienone is 1. The highest BCUT2D eigenvalue weighted by atomic mass is 32.2. The van der Waals surface area contributed by atoms with Crippen molar-refractivity contribution in [1.29, 1.82) is 10.5 Å². The molecule has 4 nitrogen and oxygen atoms in total. The highest BCUT2D eigenvalue weighted by Gasteiger charge is 2.34. The lowest BCUT2D eigenvalue weighted by Crippen LogP contribution is -2.32. The molecule has 0 bridgehead atoms. The Kier molecular flexibility index (Phi) is 3.64. The third kappa shape index (κ3) is 2.65. The van der Waals surface area contributed by atoms with Crippen LogP contribution in [-0.2, 0) is 4.74 Å². The minimum Gasteiger partial charge on any atom is -0.371 e. The monoisotopic (exact) mass is 283 g/mol. The first-order valence-electron chi connectivity index (χ1n) is 6.46. The normalized spacial score (nSPS) is 22.6. The van der Waals surface area contributed by atoms with Crippen LogP contribution in [-0.4, -0.2) is 24.6 Å². The number of rotatable bonds is 4. The third-order valence-electron chi connectivity index (χ3n) is 3.35. The number of epoxide rings is 1. The van der Waals surface area contributed by atoms with E-state index in [1.165, 1.54) is 10.6 Å². The molecule has 3 rings (SSSR count). The molecule has 2 unspecified atom stereocenters. The van der Waals surface area contributed by atoms with Gasteiger partial charge in [0.2, 0.25) is 0 Å². The van der Waals surface area contributed by atoms with Crippen molar-refractivity contribution in [3.8, 4) is 12.1 Å². The number of hydrogen-bond donors (Lipinski definition) is 0. The van der Waals surface area contributed by atoms with Crippen LogP contribution in [0.5, 0.6) is 0 Å². The van der Waals surface area contributed by atoms with Gasteiger partial charge in [-0.3, -0.25) is 0 Å². The van der Waals surface area contributed by atoms with Crippen LogP contribution in [0.1, 0.15) is 6.42 Å². The predicted molar refractivity (Wildman–Crippen MR) is 77.1 cm³/mol.